The van der Waals surface area contributed by atoms with Crippen LogP contribution in [0.3, 0.4) is 0 Å². The summed E-state index contributed by atoms with van der Waals surface area (Å²) in [6, 6.07) is -0.400. The molecule has 0 saturated carbocycles. The van der Waals surface area contributed by atoms with Crippen LogP contribution in [0.25, 0.3) is 11.0 Å². The number of nitrogens with one attached hydrogen (secondary N) is 4. The van der Waals surface area contributed by atoms with Crippen LogP contribution in [-0.2, 0) is 6.54 Å². The molecule has 1 aliphatic heterocycles. The summed E-state index contributed by atoms with van der Waals surface area (Å²) < 4.78 is 16.0. The Kier molecular flexibility index (Phi) is 5.98. The van der Waals surface area contributed by atoms with E-state index in [1.807, 2.05) is 13.1 Å². The lowest BCUT2D eigenvalue weighted by molar-refractivity contribution is 0.241. The first-order valence-corrected chi connectivity index (χ1v) is 8.84. The average Bonchev–Trinajstić information content (AvgIpc) is 3.24. The molecule has 0 radical (unpaired) electrons. The van der Waals surface area contributed by atoms with Gasteiger partial charge in [0.15, 0.2) is 10.8 Å². The van der Waals surface area contributed by atoms with Gasteiger partial charge in [-0.3, -0.25) is 9.78 Å². The number of alkyl halides is 1. The van der Waals surface area contributed by atoms with Gasteiger partial charge in [-0.1, -0.05) is 11.6 Å². The third-order valence-corrected chi connectivity index (χ3v) is 4.58. The number of aromatic nitrogens is 6. The summed E-state index contributed by atoms with van der Waals surface area (Å²) in [6.45, 7) is 3.93. The van der Waals surface area contributed by atoms with Gasteiger partial charge in [-0.2, -0.15) is 20.2 Å². The Hall–Kier alpha value is -2.17. The molecule has 0 bridgehead atoms. The van der Waals surface area contributed by atoms with Gasteiger partial charge in [-0.05, 0) is 19.9 Å². The van der Waals surface area contributed by atoms with Gasteiger partial charge in [0.05, 0.1) is 17.9 Å². The van der Waals surface area contributed by atoms with Crippen molar-refractivity contribution in [3.8, 4) is 0 Å². The highest BCUT2D eigenvalue weighted by Gasteiger charge is 2.26. The largest absolute Gasteiger partial charge is 0.362 e. The van der Waals surface area contributed by atoms with E-state index in [1.54, 1.807) is 10.9 Å². The van der Waals surface area contributed by atoms with Crippen molar-refractivity contribution < 1.29 is 4.39 Å². The zero-order valence-electron chi connectivity index (χ0n) is 14.5. The highest BCUT2D eigenvalue weighted by Crippen LogP contribution is 2.29. The fourth-order valence-corrected chi connectivity index (χ4v) is 3.15. The molecule has 3 aromatic rings. The first-order chi connectivity index (χ1) is 12.6. The van der Waals surface area contributed by atoms with Crippen LogP contribution in [0.2, 0.25) is 5.15 Å². The average molecular weight is 416 g/mol. The normalized spacial score (nSPS) is 19.7. The minimum Gasteiger partial charge on any atom is -0.362 e. The molecule has 1 aliphatic rings. The second kappa shape index (κ2) is 8.24. The zero-order chi connectivity index (χ0) is 18.1. The van der Waals surface area contributed by atoms with Crippen LogP contribution in [0.4, 0.5) is 21.8 Å². The fourth-order valence-electron chi connectivity index (χ4n) is 2.93. The third-order valence-electron chi connectivity index (χ3n) is 4.31. The minimum atomic E-state index is -0.967. The van der Waals surface area contributed by atoms with Crippen LogP contribution in [0.5, 0.6) is 0 Å². The molecule has 12 heteroatoms. The van der Waals surface area contributed by atoms with E-state index in [0.717, 1.165) is 12.2 Å². The highest BCUT2D eigenvalue weighted by atomic mass is 35.5. The number of halogens is 3. The maximum absolute atomic E-state index is 14.2. The van der Waals surface area contributed by atoms with Gasteiger partial charge in [0.25, 0.3) is 0 Å². The number of fused-ring (bicyclic) bond motifs is 1. The monoisotopic (exact) mass is 415 g/mol. The number of nitrogens with zero attached hydrogens (tertiary/aromatic N) is 5. The number of rotatable bonds is 5. The summed E-state index contributed by atoms with van der Waals surface area (Å²) in [5.41, 5.74) is 1.22. The fraction of sp³-hybridized carbons (Fsp3) is 0.467. The van der Waals surface area contributed by atoms with Crippen LogP contribution in [0.1, 0.15) is 13.3 Å². The molecule has 1 fully saturated rings. The molecule has 0 aliphatic carbocycles. The Bertz CT molecular complexity index is 912. The smallest absolute Gasteiger partial charge is 0.231 e. The molecule has 27 heavy (non-hydrogen) atoms. The van der Waals surface area contributed by atoms with E-state index in [2.05, 4.69) is 41.2 Å². The van der Waals surface area contributed by atoms with Crippen LogP contribution in [0, 0.1) is 0 Å². The maximum atomic E-state index is 14.2. The van der Waals surface area contributed by atoms with Gasteiger partial charge in [-0.15, -0.1) is 12.4 Å². The maximum Gasteiger partial charge on any atom is 0.231 e. The van der Waals surface area contributed by atoms with Crippen molar-refractivity contribution in [2.75, 3.05) is 23.7 Å². The van der Waals surface area contributed by atoms with E-state index in [4.69, 9.17) is 11.6 Å². The van der Waals surface area contributed by atoms with Gasteiger partial charge < -0.3 is 16.0 Å². The van der Waals surface area contributed by atoms with E-state index >= 15 is 0 Å². The Morgan fingerprint density at radius 3 is 3.00 bits per heavy atom. The van der Waals surface area contributed by atoms with Crippen molar-refractivity contribution in [1.29, 1.82) is 0 Å². The van der Waals surface area contributed by atoms with Crippen LogP contribution in [0.15, 0.2) is 12.4 Å². The quantitative estimate of drug-likeness (QED) is 0.506. The van der Waals surface area contributed by atoms with E-state index in [-0.39, 0.29) is 17.6 Å². The molecule has 4 heterocycles. The van der Waals surface area contributed by atoms with E-state index in [9.17, 15) is 4.39 Å². The van der Waals surface area contributed by atoms with Crippen molar-refractivity contribution in [2.24, 2.45) is 0 Å². The molecule has 2 atom stereocenters. The van der Waals surface area contributed by atoms with Crippen molar-refractivity contribution >= 4 is 52.5 Å². The third kappa shape index (κ3) is 4.07. The number of hydrogen-bond acceptors (Lipinski definition) is 7. The molecule has 9 nitrogen and oxygen atoms in total. The molecule has 0 spiro atoms. The summed E-state index contributed by atoms with van der Waals surface area (Å²) in [5.74, 6) is 0.783. The number of aromatic amines is 1. The highest BCUT2D eigenvalue weighted by molar-refractivity contribution is 6.35. The van der Waals surface area contributed by atoms with Gasteiger partial charge in [0.1, 0.15) is 17.4 Å². The van der Waals surface area contributed by atoms with Gasteiger partial charge in [0, 0.05) is 19.3 Å². The summed E-state index contributed by atoms with van der Waals surface area (Å²) >= 11 is 6.16. The molecule has 3 aromatic heterocycles. The molecule has 0 amide bonds. The van der Waals surface area contributed by atoms with Crippen LogP contribution in [-0.4, -0.2) is 55.2 Å². The van der Waals surface area contributed by atoms with Crippen LogP contribution >= 0.6 is 24.0 Å². The number of anilines is 3. The number of H-pyrrole nitrogens is 1. The second-order valence-electron chi connectivity index (χ2n) is 6.10. The van der Waals surface area contributed by atoms with E-state index in [1.165, 1.54) is 0 Å². The van der Waals surface area contributed by atoms with Crippen molar-refractivity contribution in [1.82, 2.24) is 35.3 Å². The second-order valence-corrected chi connectivity index (χ2v) is 6.46. The Morgan fingerprint density at radius 1 is 1.41 bits per heavy atom. The summed E-state index contributed by atoms with van der Waals surface area (Å²) in [4.78, 5) is 8.87. The SMILES string of the molecule is CCn1cc(Nc2nc(N[C@H]3CNCC[C@H]3F)c3c(Cl)n[nH]c3n2)cn1.Cl. The molecular formula is C15H20Cl2FN9. The number of hydrogen-bond donors (Lipinski definition) is 4. The molecule has 1 saturated heterocycles. The molecule has 0 aromatic carbocycles. The Morgan fingerprint density at radius 2 is 2.26 bits per heavy atom. The molecule has 4 rings (SSSR count). The lowest BCUT2D eigenvalue weighted by Crippen LogP contribution is -2.46. The van der Waals surface area contributed by atoms with Crippen molar-refractivity contribution in [3.05, 3.63) is 17.5 Å². The zero-order valence-corrected chi connectivity index (χ0v) is 16.1. The summed E-state index contributed by atoms with van der Waals surface area (Å²) in [7, 11) is 0. The first-order valence-electron chi connectivity index (χ1n) is 8.46. The van der Waals surface area contributed by atoms with Gasteiger partial charge in [0.2, 0.25) is 5.95 Å². The Labute approximate surface area is 165 Å². The van der Waals surface area contributed by atoms with E-state index < -0.39 is 12.2 Å². The standard InChI is InChI=1S/C15H19ClFN9.ClH/c1-2-26-7-8(5-19-26)20-15-22-13(11-12(16)24-25-14(11)23-15)21-10-6-18-4-3-9(10)17;/h5,7,9-10,18H,2-4,6H2,1H3,(H3,20,21,22,23,24,25);1H/t9-,10+;/m1./s1. The number of aryl methyl sites for hydroxylation is 1. The minimum absolute atomic E-state index is 0. The van der Waals surface area contributed by atoms with Gasteiger partial charge >= 0.3 is 0 Å². The topological polar surface area (TPSA) is 108 Å². The van der Waals surface area contributed by atoms with Crippen molar-refractivity contribution in [3.63, 3.8) is 0 Å². The molecule has 146 valence electrons. The molecular weight excluding hydrogens is 396 g/mol. The molecule has 4 N–H and O–H groups in total. The predicted molar refractivity (Wildman–Crippen MR) is 105 cm³/mol. The van der Waals surface area contributed by atoms with E-state index in [0.29, 0.717) is 42.3 Å². The van der Waals surface area contributed by atoms with Crippen molar-refractivity contribution in [2.45, 2.75) is 32.1 Å². The van der Waals surface area contributed by atoms with Gasteiger partial charge in [-0.25, -0.2) is 4.39 Å². The molecule has 0 unspecified atom stereocenters. The lowest BCUT2D eigenvalue weighted by atomic mass is 10.1. The first kappa shape index (κ1) is 19.6. The van der Waals surface area contributed by atoms with Crippen LogP contribution < -0.4 is 16.0 Å². The summed E-state index contributed by atoms with van der Waals surface area (Å²) in [5, 5.41) is 21.2. The summed E-state index contributed by atoms with van der Waals surface area (Å²) in [6.07, 6.45) is 3.02. The predicted octanol–water partition coefficient (Wildman–Crippen LogP) is 2.50. The number of piperidine rings is 1. The lowest BCUT2D eigenvalue weighted by Gasteiger charge is -2.28. The Balaban J connectivity index is 0.00000210.